The molecule has 0 aliphatic heterocycles. The van der Waals surface area contributed by atoms with Crippen molar-refractivity contribution in [1.82, 2.24) is 0 Å². The van der Waals surface area contributed by atoms with Gasteiger partial charge in [0.1, 0.15) is 12.4 Å². The number of ether oxygens (including phenoxy) is 1. The fraction of sp³-hybridized carbons (Fsp3) is 0.333. The molecule has 0 unspecified atom stereocenters. The fourth-order valence-electron chi connectivity index (χ4n) is 1.31. The van der Waals surface area contributed by atoms with Crippen LogP contribution in [0.3, 0.4) is 0 Å². The number of anilines is 1. The van der Waals surface area contributed by atoms with Gasteiger partial charge in [0.05, 0.1) is 17.2 Å². The van der Waals surface area contributed by atoms with E-state index in [-0.39, 0.29) is 18.0 Å². The highest BCUT2D eigenvalue weighted by Crippen LogP contribution is 2.20. The Morgan fingerprint density at radius 1 is 1.41 bits per heavy atom. The molecule has 7 nitrogen and oxygen atoms in total. The number of alkyl halides is 3. The summed E-state index contributed by atoms with van der Waals surface area (Å²) in [6, 6.07) is 4.60. The number of non-ortho nitro benzene ring substituents is 1. The van der Waals surface area contributed by atoms with Crippen molar-refractivity contribution in [3.05, 3.63) is 34.4 Å². The SMILES string of the molecule is CCOC(=O)C(F)(F)C(CF)=NNc1ccc([N+](=O)[O-])cc1. The number of nitro benzene ring substituents is 1. The van der Waals surface area contributed by atoms with Gasteiger partial charge in [0.25, 0.3) is 5.69 Å². The van der Waals surface area contributed by atoms with Gasteiger partial charge in [0.15, 0.2) is 0 Å². The van der Waals surface area contributed by atoms with Gasteiger partial charge in [-0.25, -0.2) is 9.18 Å². The molecular formula is C12H12F3N3O4. The van der Waals surface area contributed by atoms with Gasteiger partial charge in [-0.05, 0) is 19.1 Å². The maximum atomic E-state index is 13.6. The Bertz CT molecular complexity index is 575. The van der Waals surface area contributed by atoms with E-state index in [2.05, 4.69) is 15.3 Å². The van der Waals surface area contributed by atoms with Crippen molar-refractivity contribution in [2.75, 3.05) is 18.7 Å². The second-order valence-corrected chi connectivity index (χ2v) is 3.90. The lowest BCUT2D eigenvalue weighted by Gasteiger charge is -2.15. The number of hydrogen-bond acceptors (Lipinski definition) is 6. The molecule has 0 amide bonds. The van der Waals surface area contributed by atoms with Crippen LogP contribution in [-0.2, 0) is 9.53 Å². The van der Waals surface area contributed by atoms with Crippen molar-refractivity contribution in [2.24, 2.45) is 5.10 Å². The zero-order valence-corrected chi connectivity index (χ0v) is 11.4. The van der Waals surface area contributed by atoms with E-state index < -0.39 is 29.2 Å². The third-order valence-electron chi connectivity index (χ3n) is 2.42. The first kappa shape index (κ1) is 17.4. The van der Waals surface area contributed by atoms with Gasteiger partial charge in [0, 0.05) is 12.1 Å². The van der Waals surface area contributed by atoms with Crippen LogP contribution in [0, 0.1) is 10.1 Å². The van der Waals surface area contributed by atoms with E-state index in [1.807, 2.05) is 0 Å². The first-order chi connectivity index (χ1) is 10.3. The number of carbonyl (C=O) groups is 1. The lowest BCUT2D eigenvalue weighted by Crippen LogP contribution is -2.41. The average molecular weight is 319 g/mol. The van der Waals surface area contributed by atoms with Gasteiger partial charge in [-0.3, -0.25) is 15.5 Å². The Hall–Kier alpha value is -2.65. The van der Waals surface area contributed by atoms with Crippen LogP contribution in [0.1, 0.15) is 6.92 Å². The van der Waals surface area contributed by atoms with Crippen LogP contribution >= 0.6 is 0 Å². The lowest BCUT2D eigenvalue weighted by molar-refractivity contribution is -0.384. The number of rotatable bonds is 7. The van der Waals surface area contributed by atoms with Crippen LogP contribution in [0.5, 0.6) is 0 Å². The molecule has 120 valence electrons. The standard InChI is InChI=1S/C12H12F3N3O4/c1-2-22-11(19)12(14,15)10(7-13)17-16-8-3-5-9(6-4-8)18(20)21/h3-6,16H,2,7H2,1H3. The number of halogens is 3. The predicted octanol–water partition coefficient (Wildman–Crippen LogP) is 2.53. The minimum absolute atomic E-state index is 0.108. The molecule has 0 atom stereocenters. The third kappa shape index (κ3) is 4.17. The van der Waals surface area contributed by atoms with Crippen molar-refractivity contribution >= 4 is 23.1 Å². The maximum absolute atomic E-state index is 13.6. The molecule has 1 aromatic rings. The van der Waals surface area contributed by atoms with Crippen molar-refractivity contribution in [3.8, 4) is 0 Å². The molecule has 10 heteroatoms. The molecule has 1 aromatic carbocycles. The third-order valence-corrected chi connectivity index (χ3v) is 2.42. The molecule has 0 aromatic heterocycles. The molecular weight excluding hydrogens is 307 g/mol. The minimum atomic E-state index is -4.21. The summed E-state index contributed by atoms with van der Waals surface area (Å²) in [5.41, 5.74) is 0.642. The summed E-state index contributed by atoms with van der Waals surface area (Å²) in [7, 11) is 0. The van der Waals surface area contributed by atoms with Crippen molar-refractivity contribution in [3.63, 3.8) is 0 Å². The fourth-order valence-corrected chi connectivity index (χ4v) is 1.31. The van der Waals surface area contributed by atoms with Crippen LogP contribution in [0.4, 0.5) is 24.5 Å². The van der Waals surface area contributed by atoms with Crippen molar-refractivity contribution in [1.29, 1.82) is 0 Å². The van der Waals surface area contributed by atoms with Crippen LogP contribution < -0.4 is 5.43 Å². The number of carbonyl (C=O) groups excluding carboxylic acids is 1. The normalized spacial score (nSPS) is 11.9. The van der Waals surface area contributed by atoms with Gasteiger partial charge in [-0.2, -0.15) is 13.9 Å². The summed E-state index contributed by atoms with van der Waals surface area (Å²) < 4.78 is 44.0. The highest BCUT2D eigenvalue weighted by molar-refractivity contribution is 6.09. The highest BCUT2D eigenvalue weighted by atomic mass is 19.3. The molecule has 0 aliphatic carbocycles. The molecule has 0 bridgehead atoms. The van der Waals surface area contributed by atoms with Crippen LogP contribution in [0.15, 0.2) is 29.4 Å². The molecule has 0 aliphatic rings. The number of hydrazone groups is 1. The monoisotopic (exact) mass is 319 g/mol. The number of nitrogens with zero attached hydrogens (tertiary/aromatic N) is 2. The van der Waals surface area contributed by atoms with E-state index in [4.69, 9.17) is 0 Å². The Balaban J connectivity index is 2.88. The number of nitro groups is 1. The summed E-state index contributed by atoms with van der Waals surface area (Å²) >= 11 is 0. The highest BCUT2D eigenvalue weighted by Gasteiger charge is 2.46. The number of hydrogen-bond donors (Lipinski definition) is 1. The van der Waals surface area contributed by atoms with Crippen LogP contribution in [0.25, 0.3) is 0 Å². The Kier molecular flexibility index (Phi) is 5.84. The zero-order valence-electron chi connectivity index (χ0n) is 11.4. The topological polar surface area (TPSA) is 93.8 Å². The van der Waals surface area contributed by atoms with E-state index in [1.54, 1.807) is 0 Å². The zero-order chi connectivity index (χ0) is 16.8. The molecule has 1 rings (SSSR count). The summed E-state index contributed by atoms with van der Waals surface area (Å²) in [5, 5.41) is 13.6. The van der Waals surface area contributed by atoms with E-state index in [0.717, 1.165) is 12.1 Å². The van der Waals surface area contributed by atoms with E-state index in [0.29, 0.717) is 0 Å². The molecule has 0 saturated heterocycles. The van der Waals surface area contributed by atoms with E-state index >= 15 is 0 Å². The van der Waals surface area contributed by atoms with Crippen LogP contribution in [-0.4, -0.2) is 35.8 Å². The van der Waals surface area contributed by atoms with Crippen molar-refractivity contribution in [2.45, 2.75) is 12.8 Å². The summed E-state index contributed by atoms with van der Waals surface area (Å²) in [6.45, 7) is -0.634. The Morgan fingerprint density at radius 2 is 2.00 bits per heavy atom. The summed E-state index contributed by atoms with van der Waals surface area (Å²) in [5.74, 6) is -6.12. The molecule has 1 N–H and O–H groups in total. The first-order valence-corrected chi connectivity index (χ1v) is 6.01. The summed E-state index contributed by atoms with van der Waals surface area (Å²) in [4.78, 5) is 20.9. The average Bonchev–Trinajstić information content (AvgIpc) is 2.48. The predicted molar refractivity (Wildman–Crippen MR) is 71.7 cm³/mol. The largest absolute Gasteiger partial charge is 0.461 e. The Labute approximate surface area is 122 Å². The van der Waals surface area contributed by atoms with Crippen LogP contribution in [0.2, 0.25) is 0 Å². The summed E-state index contributed by atoms with van der Waals surface area (Å²) in [6.07, 6.45) is 0. The smallest absolute Gasteiger partial charge is 0.384 e. The van der Waals surface area contributed by atoms with Gasteiger partial charge >= 0.3 is 11.9 Å². The van der Waals surface area contributed by atoms with E-state index in [1.165, 1.54) is 19.1 Å². The Morgan fingerprint density at radius 3 is 2.45 bits per heavy atom. The van der Waals surface area contributed by atoms with Crippen molar-refractivity contribution < 1.29 is 27.6 Å². The van der Waals surface area contributed by atoms with Gasteiger partial charge < -0.3 is 4.74 Å². The number of esters is 1. The number of nitrogens with one attached hydrogen (secondary N) is 1. The van der Waals surface area contributed by atoms with Gasteiger partial charge in [0.2, 0.25) is 0 Å². The minimum Gasteiger partial charge on any atom is -0.461 e. The maximum Gasteiger partial charge on any atom is 0.384 e. The molecule has 0 fully saturated rings. The number of benzene rings is 1. The molecule has 22 heavy (non-hydrogen) atoms. The molecule has 0 radical (unpaired) electrons. The lowest BCUT2D eigenvalue weighted by atomic mass is 10.2. The first-order valence-electron chi connectivity index (χ1n) is 6.01. The second-order valence-electron chi connectivity index (χ2n) is 3.90. The van der Waals surface area contributed by atoms with E-state index in [9.17, 15) is 28.1 Å². The van der Waals surface area contributed by atoms with Gasteiger partial charge in [-0.1, -0.05) is 0 Å². The molecule has 0 spiro atoms. The quantitative estimate of drug-likeness (QED) is 0.361. The second kappa shape index (κ2) is 7.38. The van der Waals surface area contributed by atoms with Gasteiger partial charge in [-0.15, -0.1) is 0 Å². The molecule has 0 saturated carbocycles. The molecule has 0 heterocycles.